The average Bonchev–Trinajstić information content (AvgIpc) is 2.97. The van der Waals surface area contributed by atoms with Gasteiger partial charge in [-0.2, -0.15) is 0 Å². The maximum atomic E-state index is 15.3. The minimum atomic E-state index is -1.67. The molecule has 0 amide bonds. The fourth-order valence-electron chi connectivity index (χ4n) is 5.21. The normalized spacial score (nSPS) is 17.8. The Hall–Kier alpha value is -3.12. The van der Waals surface area contributed by atoms with E-state index in [9.17, 15) is 4.21 Å². The zero-order chi connectivity index (χ0) is 29.0. The van der Waals surface area contributed by atoms with Gasteiger partial charge in [0.05, 0.1) is 43.6 Å². The van der Waals surface area contributed by atoms with Crippen LogP contribution in [0.25, 0.3) is 11.3 Å². The van der Waals surface area contributed by atoms with Gasteiger partial charge in [-0.3, -0.25) is 14.8 Å². The van der Waals surface area contributed by atoms with Crippen LogP contribution in [0.2, 0.25) is 0 Å². The molecule has 2 aromatic heterocycles. The second-order valence-electron chi connectivity index (χ2n) is 11.3. The van der Waals surface area contributed by atoms with Crippen LogP contribution in [-0.4, -0.2) is 89.1 Å². The largest absolute Gasteiger partial charge is 0.480 e. The highest BCUT2D eigenvalue weighted by atomic mass is 32.2. The Morgan fingerprint density at radius 3 is 2.46 bits per heavy atom. The number of halogens is 1. The van der Waals surface area contributed by atoms with Gasteiger partial charge in [0.15, 0.2) is 11.0 Å². The summed E-state index contributed by atoms with van der Waals surface area (Å²) in [6.07, 6.45) is 3.30. The molecule has 1 N–H and O–H groups in total. The molecule has 0 aliphatic carbocycles. The average molecular weight is 583 g/mol. The van der Waals surface area contributed by atoms with E-state index < -0.39 is 11.0 Å². The van der Waals surface area contributed by atoms with Gasteiger partial charge >= 0.3 is 0 Å². The minimum absolute atomic E-state index is 0.165. The Morgan fingerprint density at radius 2 is 1.78 bits per heavy atom. The van der Waals surface area contributed by atoms with Crippen molar-refractivity contribution >= 4 is 22.4 Å². The van der Waals surface area contributed by atoms with E-state index in [1.54, 1.807) is 36.7 Å². The maximum Gasteiger partial charge on any atom is 0.231 e. The SMILES string of the molecule is COc1ncc(N2CCOCC2)cc1S(=O)Nc1ccnc(-c2ccc(CN3CCN(C(C)(C)C)CC3)cc2F)c1. The van der Waals surface area contributed by atoms with E-state index in [1.807, 2.05) is 12.1 Å². The quantitative estimate of drug-likeness (QED) is 0.424. The lowest BCUT2D eigenvalue weighted by Crippen LogP contribution is -2.53. The van der Waals surface area contributed by atoms with E-state index in [4.69, 9.17) is 9.47 Å². The van der Waals surface area contributed by atoms with Crippen LogP contribution in [-0.2, 0) is 22.3 Å². The molecule has 2 saturated heterocycles. The fourth-order valence-corrected chi connectivity index (χ4v) is 6.18. The highest BCUT2D eigenvalue weighted by Crippen LogP contribution is 2.29. The van der Waals surface area contributed by atoms with Crippen molar-refractivity contribution < 1.29 is 18.1 Å². The van der Waals surface area contributed by atoms with E-state index in [0.29, 0.717) is 41.6 Å². The van der Waals surface area contributed by atoms with E-state index in [2.05, 4.69) is 50.2 Å². The smallest absolute Gasteiger partial charge is 0.231 e. The van der Waals surface area contributed by atoms with Gasteiger partial charge < -0.3 is 19.1 Å². The van der Waals surface area contributed by atoms with Crippen LogP contribution in [0.15, 0.2) is 53.7 Å². The van der Waals surface area contributed by atoms with Crippen LogP contribution in [0.5, 0.6) is 5.88 Å². The Labute approximate surface area is 244 Å². The Kier molecular flexibility index (Phi) is 9.18. The van der Waals surface area contributed by atoms with Crippen LogP contribution >= 0.6 is 0 Å². The minimum Gasteiger partial charge on any atom is -0.480 e. The molecule has 3 aromatic rings. The van der Waals surface area contributed by atoms with E-state index in [-0.39, 0.29) is 17.2 Å². The molecule has 2 aliphatic rings. The predicted octanol–water partition coefficient (Wildman–Crippen LogP) is 4.18. The number of aromatic nitrogens is 2. The van der Waals surface area contributed by atoms with Crippen molar-refractivity contribution in [3.63, 3.8) is 0 Å². The van der Waals surface area contributed by atoms with Crippen molar-refractivity contribution in [1.29, 1.82) is 0 Å². The second-order valence-corrected chi connectivity index (χ2v) is 12.5. The van der Waals surface area contributed by atoms with Crippen LogP contribution in [0, 0.1) is 5.82 Å². The summed E-state index contributed by atoms with van der Waals surface area (Å²) in [5.74, 6) is -0.0470. The van der Waals surface area contributed by atoms with Gasteiger partial charge in [-0.05, 0) is 56.7 Å². The molecular formula is C30H39FN6O3S. The van der Waals surface area contributed by atoms with Gasteiger partial charge in [-0.15, -0.1) is 0 Å². The molecule has 2 aliphatic heterocycles. The standard InChI is InChI=1S/C30H39FN6O3S/c1-30(2,3)37-11-9-35(10-12-37)21-22-5-6-25(26(31)17-22)27-18-23(7-8-32-27)34-41(38)28-19-24(20-33-29(28)39-4)36-13-15-40-16-14-36/h5-8,17-20H,9-16,21H2,1-4H3,(H,32,34). The summed E-state index contributed by atoms with van der Waals surface area (Å²) in [4.78, 5) is 16.2. The van der Waals surface area contributed by atoms with E-state index in [1.165, 1.54) is 7.11 Å². The lowest BCUT2D eigenvalue weighted by Gasteiger charge is -2.42. The summed E-state index contributed by atoms with van der Waals surface area (Å²) in [5, 5.41) is 0. The summed E-state index contributed by atoms with van der Waals surface area (Å²) in [6.45, 7) is 14.1. The summed E-state index contributed by atoms with van der Waals surface area (Å²) in [7, 11) is -0.173. The van der Waals surface area contributed by atoms with Crippen LogP contribution in [0.4, 0.5) is 15.8 Å². The van der Waals surface area contributed by atoms with E-state index in [0.717, 1.165) is 50.5 Å². The monoisotopic (exact) mass is 582 g/mol. The molecule has 5 rings (SSSR count). The van der Waals surface area contributed by atoms with Gasteiger partial charge in [-0.25, -0.2) is 13.6 Å². The van der Waals surface area contributed by atoms with E-state index >= 15 is 4.39 Å². The number of nitrogens with zero attached hydrogens (tertiary/aromatic N) is 5. The number of rotatable bonds is 8. The van der Waals surface area contributed by atoms with Crippen molar-refractivity contribution in [3.8, 4) is 17.1 Å². The third kappa shape index (κ3) is 7.21. The summed E-state index contributed by atoms with van der Waals surface area (Å²) >= 11 is 0. The summed E-state index contributed by atoms with van der Waals surface area (Å²) < 4.78 is 42.5. The van der Waals surface area contributed by atoms with Crippen molar-refractivity contribution in [2.45, 2.75) is 37.8 Å². The van der Waals surface area contributed by atoms with Crippen molar-refractivity contribution in [2.75, 3.05) is 69.2 Å². The van der Waals surface area contributed by atoms with Crippen LogP contribution in [0.1, 0.15) is 26.3 Å². The molecule has 1 unspecified atom stereocenters. The Balaban J connectivity index is 1.27. The van der Waals surface area contributed by atoms with Gasteiger partial charge in [0, 0.05) is 63.1 Å². The zero-order valence-corrected chi connectivity index (χ0v) is 25.0. The van der Waals surface area contributed by atoms with Crippen molar-refractivity contribution in [2.24, 2.45) is 0 Å². The van der Waals surface area contributed by atoms with Crippen molar-refractivity contribution in [1.82, 2.24) is 19.8 Å². The fraction of sp³-hybridized carbons (Fsp3) is 0.467. The van der Waals surface area contributed by atoms with Crippen LogP contribution < -0.4 is 14.4 Å². The molecule has 1 aromatic carbocycles. The number of nitrogens with one attached hydrogen (secondary N) is 1. The van der Waals surface area contributed by atoms with Crippen LogP contribution in [0.3, 0.4) is 0 Å². The molecule has 41 heavy (non-hydrogen) atoms. The number of hydrogen-bond acceptors (Lipinski definition) is 8. The third-order valence-corrected chi connectivity index (χ3v) is 8.69. The second kappa shape index (κ2) is 12.8. The van der Waals surface area contributed by atoms with Gasteiger partial charge in [0.25, 0.3) is 0 Å². The first-order valence-corrected chi connectivity index (χ1v) is 15.1. The number of morpholine rings is 1. The molecule has 4 heterocycles. The van der Waals surface area contributed by atoms with Gasteiger partial charge in [-0.1, -0.05) is 6.07 Å². The first kappa shape index (κ1) is 29.4. The number of anilines is 2. The first-order valence-electron chi connectivity index (χ1n) is 14.0. The number of benzene rings is 1. The molecule has 0 spiro atoms. The lowest BCUT2D eigenvalue weighted by molar-refractivity contribution is 0.0591. The highest BCUT2D eigenvalue weighted by Gasteiger charge is 2.26. The molecule has 2 fully saturated rings. The molecule has 0 bridgehead atoms. The first-order chi connectivity index (χ1) is 19.7. The number of methoxy groups -OCH3 is 1. The molecular weight excluding hydrogens is 543 g/mol. The molecule has 0 saturated carbocycles. The van der Waals surface area contributed by atoms with Gasteiger partial charge in [0.1, 0.15) is 10.7 Å². The summed E-state index contributed by atoms with van der Waals surface area (Å²) in [5.41, 5.74) is 3.36. The number of hydrogen-bond donors (Lipinski definition) is 1. The third-order valence-electron chi connectivity index (χ3n) is 7.58. The molecule has 1 atom stereocenters. The Morgan fingerprint density at radius 1 is 1.02 bits per heavy atom. The molecule has 0 radical (unpaired) electrons. The zero-order valence-electron chi connectivity index (χ0n) is 24.2. The summed E-state index contributed by atoms with van der Waals surface area (Å²) in [6, 6.07) is 10.6. The molecule has 11 heteroatoms. The lowest BCUT2D eigenvalue weighted by atomic mass is 10.0. The number of piperazine rings is 1. The molecule has 220 valence electrons. The van der Waals surface area contributed by atoms with Gasteiger partial charge in [0.2, 0.25) is 5.88 Å². The number of pyridine rings is 2. The Bertz CT molecular complexity index is 1370. The number of ether oxygens (including phenoxy) is 2. The predicted molar refractivity (Wildman–Crippen MR) is 160 cm³/mol. The highest BCUT2D eigenvalue weighted by molar-refractivity contribution is 7.86. The topological polar surface area (TPSA) is 83.1 Å². The molecule has 9 nitrogen and oxygen atoms in total. The maximum absolute atomic E-state index is 15.3. The van der Waals surface area contributed by atoms with Crippen molar-refractivity contribution in [3.05, 3.63) is 60.2 Å².